The number of ether oxygens (including phenoxy) is 1. The molecule has 0 aromatic heterocycles. The number of benzene rings is 1. The topological polar surface area (TPSA) is 46.5 Å². The first kappa shape index (κ1) is 11.9. The molecule has 0 spiro atoms. The third kappa shape index (κ3) is 3.47. The Morgan fingerprint density at radius 3 is 2.87 bits per heavy atom. The molecule has 3 nitrogen and oxygen atoms in total. The summed E-state index contributed by atoms with van der Waals surface area (Å²) in [6.45, 7) is 1.87. The lowest BCUT2D eigenvalue weighted by Crippen LogP contribution is -2.14. The van der Waals surface area contributed by atoms with Crippen LogP contribution in [0, 0.1) is 0 Å². The summed E-state index contributed by atoms with van der Waals surface area (Å²) in [7, 11) is 1.60. The van der Waals surface area contributed by atoms with E-state index in [1.165, 1.54) is 11.8 Å². The molecule has 0 aliphatic rings. The van der Waals surface area contributed by atoms with E-state index < -0.39 is 11.2 Å². The van der Waals surface area contributed by atoms with E-state index in [2.05, 4.69) is 0 Å². The van der Waals surface area contributed by atoms with Crippen LogP contribution >= 0.6 is 11.8 Å². The van der Waals surface area contributed by atoms with E-state index in [1.54, 1.807) is 7.11 Å². The summed E-state index contributed by atoms with van der Waals surface area (Å²) in [4.78, 5) is 11.8. The Balaban J connectivity index is 2.74. The van der Waals surface area contributed by atoms with Crippen molar-refractivity contribution in [2.75, 3.05) is 7.11 Å². The highest BCUT2D eigenvalue weighted by Gasteiger charge is 2.16. The van der Waals surface area contributed by atoms with E-state index >= 15 is 0 Å². The van der Waals surface area contributed by atoms with Crippen LogP contribution in [0.5, 0.6) is 5.75 Å². The number of hydrogen-bond donors (Lipinski definition) is 1. The van der Waals surface area contributed by atoms with Crippen molar-refractivity contribution in [3.8, 4) is 5.75 Å². The molecule has 1 rings (SSSR count). The Kier molecular flexibility index (Phi) is 4.49. The highest BCUT2D eigenvalue weighted by Crippen LogP contribution is 2.28. The Hall–Kier alpha value is -1.16. The molecule has 0 fully saturated rings. The van der Waals surface area contributed by atoms with Crippen LogP contribution in [0.4, 0.5) is 0 Å². The van der Waals surface area contributed by atoms with Gasteiger partial charge in [-0.3, -0.25) is 4.79 Å². The van der Waals surface area contributed by atoms with Crippen molar-refractivity contribution >= 4 is 17.7 Å². The Bertz CT molecular complexity index is 338. The Morgan fingerprint density at radius 1 is 1.60 bits per heavy atom. The zero-order valence-electron chi connectivity index (χ0n) is 8.77. The molecule has 4 heteroatoms. The van der Waals surface area contributed by atoms with Crippen LogP contribution in [0.2, 0.25) is 0 Å². The smallest absolute Gasteiger partial charge is 0.316 e. The van der Waals surface area contributed by atoms with Crippen molar-refractivity contribution in [2.24, 2.45) is 0 Å². The average molecular weight is 226 g/mol. The van der Waals surface area contributed by atoms with E-state index in [9.17, 15) is 4.79 Å². The van der Waals surface area contributed by atoms with Crippen molar-refractivity contribution in [3.05, 3.63) is 24.3 Å². The second-order valence-electron chi connectivity index (χ2n) is 3.03. The molecule has 0 aliphatic heterocycles. The summed E-state index contributed by atoms with van der Waals surface area (Å²) < 4.78 is 5.07. The summed E-state index contributed by atoms with van der Waals surface area (Å²) in [6.07, 6.45) is 0.608. The molecule has 15 heavy (non-hydrogen) atoms. The molecule has 0 saturated carbocycles. The van der Waals surface area contributed by atoms with Crippen molar-refractivity contribution in [1.29, 1.82) is 0 Å². The number of methoxy groups -OCH3 is 1. The lowest BCUT2D eigenvalue weighted by molar-refractivity contribution is -0.136. The van der Waals surface area contributed by atoms with Crippen LogP contribution < -0.4 is 4.74 Å². The maximum atomic E-state index is 10.8. The largest absolute Gasteiger partial charge is 0.497 e. The highest BCUT2D eigenvalue weighted by molar-refractivity contribution is 8.00. The van der Waals surface area contributed by atoms with Gasteiger partial charge in [0.25, 0.3) is 0 Å². The van der Waals surface area contributed by atoms with Crippen molar-refractivity contribution in [3.63, 3.8) is 0 Å². The predicted molar refractivity (Wildman–Crippen MR) is 60.6 cm³/mol. The zero-order chi connectivity index (χ0) is 11.3. The summed E-state index contributed by atoms with van der Waals surface area (Å²) in [5, 5.41) is 8.52. The average Bonchev–Trinajstić information content (AvgIpc) is 2.25. The molecule has 0 heterocycles. The molecule has 1 aromatic carbocycles. The second-order valence-corrected chi connectivity index (χ2v) is 4.31. The van der Waals surface area contributed by atoms with Gasteiger partial charge in [-0.25, -0.2) is 0 Å². The summed E-state index contributed by atoms with van der Waals surface area (Å²) in [5.74, 6) is -0.0226. The van der Waals surface area contributed by atoms with Gasteiger partial charge in [-0.1, -0.05) is 13.0 Å². The molecule has 0 bridgehead atoms. The van der Waals surface area contributed by atoms with Crippen molar-refractivity contribution in [1.82, 2.24) is 0 Å². The Morgan fingerprint density at radius 2 is 2.33 bits per heavy atom. The molecule has 1 unspecified atom stereocenters. The van der Waals surface area contributed by atoms with Gasteiger partial charge in [-0.2, -0.15) is 0 Å². The fourth-order valence-electron chi connectivity index (χ4n) is 1.15. The number of thioether (sulfide) groups is 1. The van der Waals surface area contributed by atoms with E-state index in [0.29, 0.717) is 6.42 Å². The number of carboxylic acid groups (broad SMARTS) is 1. The lowest BCUT2D eigenvalue weighted by atomic mass is 10.3. The van der Waals surface area contributed by atoms with Crippen LogP contribution in [-0.4, -0.2) is 23.4 Å². The van der Waals surface area contributed by atoms with Crippen molar-refractivity contribution < 1.29 is 14.6 Å². The third-order valence-corrected chi connectivity index (χ3v) is 3.31. The van der Waals surface area contributed by atoms with Crippen LogP contribution in [-0.2, 0) is 4.79 Å². The third-order valence-electron chi connectivity index (χ3n) is 1.97. The molecule has 82 valence electrons. The molecule has 0 aliphatic carbocycles. The van der Waals surface area contributed by atoms with E-state index in [4.69, 9.17) is 9.84 Å². The number of carbonyl (C=O) groups is 1. The SMILES string of the molecule is CCC(Sc1cccc(OC)c1)C(=O)O. The lowest BCUT2D eigenvalue weighted by Gasteiger charge is -2.09. The van der Waals surface area contributed by atoms with Crippen LogP contribution in [0.1, 0.15) is 13.3 Å². The monoisotopic (exact) mass is 226 g/mol. The summed E-state index contributed by atoms with van der Waals surface area (Å²) in [5.41, 5.74) is 0. The maximum Gasteiger partial charge on any atom is 0.316 e. The Labute approximate surface area is 93.4 Å². The van der Waals surface area contributed by atoms with E-state index in [1.807, 2.05) is 31.2 Å². The van der Waals surface area contributed by atoms with Gasteiger partial charge < -0.3 is 9.84 Å². The molecule has 0 radical (unpaired) electrons. The van der Waals surface area contributed by atoms with Gasteiger partial charge in [0.05, 0.1) is 7.11 Å². The minimum absolute atomic E-state index is 0.392. The van der Waals surface area contributed by atoms with Crippen LogP contribution in [0.25, 0.3) is 0 Å². The van der Waals surface area contributed by atoms with Gasteiger partial charge >= 0.3 is 5.97 Å². The van der Waals surface area contributed by atoms with Crippen LogP contribution in [0.15, 0.2) is 29.2 Å². The first-order chi connectivity index (χ1) is 7.17. The number of carboxylic acids is 1. The first-order valence-corrected chi connectivity index (χ1v) is 5.58. The molecular formula is C11H14O3S. The quantitative estimate of drug-likeness (QED) is 0.784. The second kappa shape index (κ2) is 5.66. The highest BCUT2D eigenvalue weighted by atomic mass is 32.2. The van der Waals surface area contributed by atoms with Gasteiger partial charge in [0.15, 0.2) is 0 Å². The fourth-order valence-corrected chi connectivity index (χ4v) is 2.08. The first-order valence-electron chi connectivity index (χ1n) is 4.71. The normalized spacial score (nSPS) is 12.1. The summed E-state index contributed by atoms with van der Waals surface area (Å²) >= 11 is 1.35. The molecule has 1 N–H and O–H groups in total. The van der Waals surface area contributed by atoms with Gasteiger partial charge in [0, 0.05) is 4.90 Å². The van der Waals surface area contributed by atoms with Gasteiger partial charge in [0.1, 0.15) is 11.0 Å². The van der Waals surface area contributed by atoms with Gasteiger partial charge in [-0.15, -0.1) is 11.8 Å². The van der Waals surface area contributed by atoms with Gasteiger partial charge in [-0.05, 0) is 24.6 Å². The predicted octanol–water partition coefficient (Wildman–Crippen LogP) is 2.65. The molecule has 0 saturated heterocycles. The molecule has 0 amide bonds. The maximum absolute atomic E-state index is 10.8. The number of hydrogen-bond acceptors (Lipinski definition) is 3. The van der Waals surface area contributed by atoms with Gasteiger partial charge in [0.2, 0.25) is 0 Å². The number of aliphatic carboxylic acids is 1. The van der Waals surface area contributed by atoms with E-state index in [0.717, 1.165) is 10.6 Å². The molecular weight excluding hydrogens is 212 g/mol. The molecule has 1 atom stereocenters. The van der Waals surface area contributed by atoms with Crippen molar-refractivity contribution in [2.45, 2.75) is 23.5 Å². The molecule has 1 aromatic rings. The summed E-state index contributed by atoms with van der Waals surface area (Å²) in [6, 6.07) is 7.43. The van der Waals surface area contributed by atoms with E-state index in [-0.39, 0.29) is 0 Å². The number of rotatable bonds is 5. The zero-order valence-corrected chi connectivity index (χ0v) is 9.58. The minimum atomic E-state index is -0.773. The fraction of sp³-hybridized carbons (Fsp3) is 0.364. The van der Waals surface area contributed by atoms with Crippen LogP contribution in [0.3, 0.4) is 0 Å². The minimum Gasteiger partial charge on any atom is -0.497 e. The standard InChI is InChI=1S/C11H14O3S/c1-3-10(11(12)13)15-9-6-4-5-8(7-9)14-2/h4-7,10H,3H2,1-2H3,(H,12,13).